The number of pyridine rings is 2. The molecule has 0 aliphatic heterocycles. The van der Waals surface area contributed by atoms with Gasteiger partial charge in [0.2, 0.25) is 0 Å². The second-order valence-electron chi connectivity index (χ2n) is 7.77. The third kappa shape index (κ3) is 3.45. The molecule has 1 aliphatic rings. The molecular weight excluding hydrogens is 461 g/mol. The molecule has 0 spiro atoms. The fraction of sp³-hybridized carbons (Fsp3) is 0.400. The minimum atomic E-state index is -4.88. The Bertz CT molecular complexity index is 1490. The van der Waals surface area contributed by atoms with E-state index < -0.39 is 32.6 Å². The lowest BCUT2D eigenvalue weighted by atomic mass is 9.99. The minimum Gasteiger partial charge on any atom is -0.413 e. The molecule has 3 aromatic heterocycles. The van der Waals surface area contributed by atoms with Crippen LogP contribution in [-0.2, 0) is 28.4 Å². The molecule has 174 valence electrons. The van der Waals surface area contributed by atoms with Gasteiger partial charge in [0.05, 0.1) is 31.6 Å². The number of alkyl halides is 3. The van der Waals surface area contributed by atoms with Crippen LogP contribution < -0.4 is 10.4 Å². The number of nitrogens with zero attached hydrogens (tertiary/aromatic N) is 5. The molecule has 0 bridgehead atoms. The van der Waals surface area contributed by atoms with Crippen molar-refractivity contribution in [2.24, 2.45) is 7.05 Å². The zero-order valence-corrected chi connectivity index (χ0v) is 18.7. The number of fused-ring (bicyclic) bond motifs is 1. The number of aryl methyl sites for hydroxylation is 1. The van der Waals surface area contributed by atoms with Gasteiger partial charge in [0, 0.05) is 19.0 Å². The van der Waals surface area contributed by atoms with E-state index in [-0.39, 0.29) is 37.9 Å². The van der Waals surface area contributed by atoms with E-state index in [4.69, 9.17) is 4.78 Å². The molecule has 3 heterocycles. The van der Waals surface area contributed by atoms with Gasteiger partial charge in [-0.05, 0) is 30.5 Å². The average molecular weight is 480 g/mol. The highest BCUT2D eigenvalue weighted by Gasteiger charge is 2.46. The SMILES string of the molecule is CCS(=N)(=O)c1cc(C2(C#N)CC2)cnc1-c1nc2cc(C(F)(F)F)n(OC)c(=O)c2n1C. The molecule has 33 heavy (non-hydrogen) atoms. The fourth-order valence-corrected chi connectivity index (χ4v) is 4.81. The smallest absolute Gasteiger partial charge is 0.413 e. The van der Waals surface area contributed by atoms with E-state index in [1.54, 1.807) is 6.92 Å². The number of hydrogen-bond donors (Lipinski definition) is 1. The van der Waals surface area contributed by atoms with Crippen molar-refractivity contribution in [3.63, 3.8) is 0 Å². The summed E-state index contributed by atoms with van der Waals surface area (Å²) < 4.78 is 63.2. The molecule has 3 aromatic rings. The van der Waals surface area contributed by atoms with Crippen molar-refractivity contribution in [2.75, 3.05) is 12.9 Å². The Morgan fingerprint density at radius 1 is 1.36 bits per heavy atom. The highest BCUT2D eigenvalue weighted by Crippen LogP contribution is 2.48. The Kier molecular flexibility index (Phi) is 5.05. The maximum atomic E-state index is 13.5. The third-order valence-electron chi connectivity index (χ3n) is 5.82. The van der Waals surface area contributed by atoms with E-state index in [1.165, 1.54) is 23.9 Å². The van der Waals surface area contributed by atoms with E-state index in [0.717, 1.165) is 7.11 Å². The Labute approximate surface area is 186 Å². The summed E-state index contributed by atoms with van der Waals surface area (Å²) in [5.41, 5.74) is -3.06. The van der Waals surface area contributed by atoms with Gasteiger partial charge in [-0.2, -0.15) is 18.4 Å². The summed E-state index contributed by atoms with van der Waals surface area (Å²) >= 11 is 0. The molecule has 0 radical (unpaired) electrons. The van der Waals surface area contributed by atoms with Crippen LogP contribution in [0.3, 0.4) is 0 Å². The van der Waals surface area contributed by atoms with Crippen LogP contribution in [0, 0.1) is 16.1 Å². The molecule has 0 aromatic carbocycles. The normalized spacial score (nSPS) is 16.9. The first-order valence-corrected chi connectivity index (χ1v) is 11.6. The molecular formula is C20H19F3N6O3S. The first kappa shape index (κ1) is 22.8. The number of halogens is 3. The van der Waals surface area contributed by atoms with Crippen LogP contribution in [0.2, 0.25) is 0 Å². The molecule has 1 fully saturated rings. The summed E-state index contributed by atoms with van der Waals surface area (Å²) in [6.07, 6.45) is -2.23. The van der Waals surface area contributed by atoms with Crippen molar-refractivity contribution in [2.45, 2.75) is 36.3 Å². The molecule has 1 atom stereocenters. The zero-order chi connectivity index (χ0) is 24.3. The molecule has 0 saturated heterocycles. The highest BCUT2D eigenvalue weighted by molar-refractivity contribution is 7.92. The quantitative estimate of drug-likeness (QED) is 0.598. The minimum absolute atomic E-state index is 0.00460. The van der Waals surface area contributed by atoms with Gasteiger partial charge in [-0.15, -0.1) is 4.73 Å². The van der Waals surface area contributed by atoms with Gasteiger partial charge in [0.15, 0.2) is 11.5 Å². The monoisotopic (exact) mass is 480 g/mol. The lowest BCUT2D eigenvalue weighted by Crippen LogP contribution is -2.32. The summed E-state index contributed by atoms with van der Waals surface area (Å²) in [4.78, 5) is 26.0. The predicted octanol–water partition coefficient (Wildman–Crippen LogP) is 2.85. The van der Waals surface area contributed by atoms with Gasteiger partial charge in [-0.25, -0.2) is 14.0 Å². The summed E-state index contributed by atoms with van der Waals surface area (Å²) in [6, 6.07) is 4.39. The maximum absolute atomic E-state index is 13.5. The van der Waals surface area contributed by atoms with Crippen LogP contribution >= 0.6 is 0 Å². The van der Waals surface area contributed by atoms with Crippen molar-refractivity contribution in [3.8, 4) is 17.6 Å². The summed E-state index contributed by atoms with van der Waals surface area (Å²) in [6.45, 7) is 1.56. The van der Waals surface area contributed by atoms with Gasteiger partial charge in [0.1, 0.15) is 18.3 Å². The van der Waals surface area contributed by atoms with E-state index >= 15 is 0 Å². The first-order valence-electron chi connectivity index (χ1n) is 9.83. The summed E-state index contributed by atoms with van der Waals surface area (Å²) in [7, 11) is -1.01. The average Bonchev–Trinajstić information content (AvgIpc) is 3.50. The second-order valence-corrected chi connectivity index (χ2v) is 10.1. The Hall–Kier alpha value is -3.40. The number of nitrogens with one attached hydrogen (secondary N) is 1. The van der Waals surface area contributed by atoms with Crippen LogP contribution in [0.5, 0.6) is 0 Å². The van der Waals surface area contributed by atoms with Crippen LogP contribution in [0.4, 0.5) is 13.2 Å². The predicted molar refractivity (Wildman–Crippen MR) is 112 cm³/mol. The number of imidazole rings is 1. The zero-order valence-electron chi connectivity index (χ0n) is 17.9. The molecule has 4 rings (SSSR count). The Morgan fingerprint density at radius 2 is 2.03 bits per heavy atom. The number of aromatic nitrogens is 4. The third-order valence-corrected chi connectivity index (χ3v) is 7.65. The molecule has 1 unspecified atom stereocenters. The van der Waals surface area contributed by atoms with Crippen molar-refractivity contribution in [1.82, 2.24) is 19.3 Å². The topological polar surface area (TPSA) is 127 Å². The second kappa shape index (κ2) is 7.31. The van der Waals surface area contributed by atoms with Crippen molar-refractivity contribution >= 4 is 20.8 Å². The lowest BCUT2D eigenvalue weighted by Gasteiger charge is -2.14. The molecule has 9 nitrogen and oxygen atoms in total. The van der Waals surface area contributed by atoms with E-state index in [9.17, 15) is 27.4 Å². The molecule has 1 saturated carbocycles. The van der Waals surface area contributed by atoms with Gasteiger partial charge in [-0.3, -0.25) is 9.78 Å². The molecule has 1 aliphatic carbocycles. The molecule has 0 amide bonds. The molecule has 1 N–H and O–H groups in total. The lowest BCUT2D eigenvalue weighted by molar-refractivity contribution is -0.151. The maximum Gasteiger partial charge on any atom is 0.435 e. The standard InChI is InChI=1S/C20H19F3N6O3S/c1-4-33(25,31)13-7-11(19(10-24)5-6-19)9-26-15(13)17-27-12-8-14(20(21,22)23)29(32-3)18(30)16(12)28(17)2/h7-9,25H,4-6H2,1-3H3. The highest BCUT2D eigenvalue weighted by atomic mass is 32.2. The fourth-order valence-electron chi connectivity index (χ4n) is 3.73. The van der Waals surface area contributed by atoms with Gasteiger partial charge >= 0.3 is 11.7 Å². The molecule has 13 heteroatoms. The van der Waals surface area contributed by atoms with Crippen molar-refractivity contribution in [3.05, 3.63) is 39.9 Å². The van der Waals surface area contributed by atoms with E-state index in [1.807, 2.05) is 0 Å². The van der Waals surface area contributed by atoms with E-state index in [0.29, 0.717) is 24.5 Å². The number of nitriles is 1. The van der Waals surface area contributed by atoms with E-state index in [2.05, 4.69) is 20.9 Å². The van der Waals surface area contributed by atoms with Crippen LogP contribution in [0.1, 0.15) is 31.0 Å². The first-order chi connectivity index (χ1) is 15.4. The Morgan fingerprint density at radius 3 is 2.55 bits per heavy atom. The Balaban J connectivity index is 2.04. The van der Waals surface area contributed by atoms with Crippen LogP contribution in [0.15, 0.2) is 28.0 Å². The summed E-state index contributed by atoms with van der Waals surface area (Å²) in [5.74, 6) is -0.0792. The summed E-state index contributed by atoms with van der Waals surface area (Å²) in [5, 5.41) is 9.50. The van der Waals surface area contributed by atoms with Crippen LogP contribution in [0.25, 0.3) is 22.6 Å². The van der Waals surface area contributed by atoms with Gasteiger partial charge in [-0.1, -0.05) is 6.92 Å². The van der Waals surface area contributed by atoms with Crippen molar-refractivity contribution in [1.29, 1.82) is 10.0 Å². The van der Waals surface area contributed by atoms with Gasteiger partial charge in [0.25, 0.3) is 0 Å². The van der Waals surface area contributed by atoms with Crippen LogP contribution in [-0.4, -0.2) is 36.3 Å². The number of rotatable bonds is 5. The van der Waals surface area contributed by atoms with Gasteiger partial charge < -0.3 is 9.40 Å². The van der Waals surface area contributed by atoms with Crippen molar-refractivity contribution < 1.29 is 22.2 Å². The number of hydrogen-bond acceptors (Lipinski definition) is 7. The largest absolute Gasteiger partial charge is 0.435 e.